The fourth-order valence-electron chi connectivity index (χ4n) is 2.70. The number of hydrogen-bond donors (Lipinski definition) is 1. The summed E-state index contributed by atoms with van der Waals surface area (Å²) in [7, 11) is 1.60. The number of esters is 1. The first kappa shape index (κ1) is 16.8. The van der Waals surface area contributed by atoms with Gasteiger partial charge in [-0.05, 0) is 44.2 Å². The summed E-state index contributed by atoms with van der Waals surface area (Å²) in [6.45, 7) is 4.40. The van der Waals surface area contributed by atoms with Gasteiger partial charge in [0.25, 0.3) is 0 Å². The molecule has 3 aromatic rings. The molecule has 130 valence electrons. The highest BCUT2D eigenvalue weighted by atomic mass is 16.5. The predicted molar refractivity (Wildman–Crippen MR) is 94.7 cm³/mol. The van der Waals surface area contributed by atoms with E-state index in [1.165, 1.54) is 0 Å². The van der Waals surface area contributed by atoms with Crippen molar-refractivity contribution >= 4 is 23.0 Å². The Kier molecular flexibility index (Phi) is 4.56. The van der Waals surface area contributed by atoms with E-state index in [-0.39, 0.29) is 5.97 Å². The van der Waals surface area contributed by atoms with Crippen molar-refractivity contribution in [2.45, 2.75) is 20.4 Å². The Labute approximate surface area is 145 Å². The van der Waals surface area contributed by atoms with E-state index in [0.717, 1.165) is 16.9 Å². The van der Waals surface area contributed by atoms with E-state index in [1.54, 1.807) is 32.2 Å². The van der Waals surface area contributed by atoms with Crippen LogP contribution in [0.25, 0.3) is 11.0 Å². The van der Waals surface area contributed by atoms with Gasteiger partial charge in [-0.25, -0.2) is 9.78 Å². The molecule has 0 bridgehead atoms. The van der Waals surface area contributed by atoms with Gasteiger partial charge in [0.1, 0.15) is 11.4 Å². The Hall–Kier alpha value is -3.09. The fourth-order valence-corrected chi connectivity index (χ4v) is 2.70. The third kappa shape index (κ3) is 3.26. The van der Waals surface area contributed by atoms with Crippen molar-refractivity contribution in [2.24, 2.45) is 0 Å². The molecule has 0 aliphatic heterocycles. The first-order valence-corrected chi connectivity index (χ1v) is 7.97. The average molecular weight is 340 g/mol. The molecule has 0 spiro atoms. The number of pyridine rings is 1. The number of benzene rings is 1. The lowest BCUT2D eigenvalue weighted by Crippen LogP contribution is -2.09. The van der Waals surface area contributed by atoms with E-state index < -0.39 is 0 Å². The van der Waals surface area contributed by atoms with E-state index >= 15 is 0 Å². The van der Waals surface area contributed by atoms with E-state index in [2.05, 4.69) is 9.97 Å². The molecule has 2 heterocycles. The van der Waals surface area contributed by atoms with Crippen molar-refractivity contribution in [3.8, 4) is 5.75 Å². The van der Waals surface area contributed by atoms with Crippen LogP contribution in [0.15, 0.2) is 30.3 Å². The molecule has 2 aromatic heterocycles. The largest absolute Gasteiger partial charge is 0.495 e. The highest BCUT2D eigenvalue weighted by molar-refractivity contribution is 5.94. The lowest BCUT2D eigenvalue weighted by molar-refractivity contribution is 0.0526. The molecule has 0 saturated carbocycles. The van der Waals surface area contributed by atoms with Gasteiger partial charge in [0.05, 0.1) is 36.9 Å². The molecular formula is C18H20N4O3. The van der Waals surface area contributed by atoms with Gasteiger partial charge in [0.15, 0.2) is 0 Å². The molecule has 0 atom stereocenters. The molecule has 2 N–H and O–H groups in total. The zero-order chi connectivity index (χ0) is 18.0. The number of carbonyl (C=O) groups is 1. The molecule has 0 radical (unpaired) electrons. The normalized spacial score (nSPS) is 10.8. The second kappa shape index (κ2) is 6.80. The maximum absolute atomic E-state index is 12.0. The van der Waals surface area contributed by atoms with Gasteiger partial charge >= 0.3 is 5.97 Å². The molecular weight excluding hydrogens is 320 g/mol. The Morgan fingerprint density at radius 3 is 2.76 bits per heavy atom. The number of ether oxygens (including phenoxy) is 2. The third-order valence-corrected chi connectivity index (χ3v) is 3.89. The van der Waals surface area contributed by atoms with Crippen LogP contribution in [0, 0.1) is 6.92 Å². The van der Waals surface area contributed by atoms with Gasteiger partial charge < -0.3 is 19.8 Å². The third-order valence-electron chi connectivity index (χ3n) is 3.89. The molecule has 7 nitrogen and oxygen atoms in total. The van der Waals surface area contributed by atoms with Crippen LogP contribution in [0.3, 0.4) is 0 Å². The Morgan fingerprint density at radius 2 is 2.04 bits per heavy atom. The van der Waals surface area contributed by atoms with Gasteiger partial charge in [-0.1, -0.05) is 0 Å². The van der Waals surface area contributed by atoms with Gasteiger partial charge in [0.2, 0.25) is 5.95 Å². The molecule has 0 unspecified atom stereocenters. The molecule has 25 heavy (non-hydrogen) atoms. The zero-order valence-electron chi connectivity index (χ0n) is 14.4. The van der Waals surface area contributed by atoms with Crippen molar-refractivity contribution in [2.75, 3.05) is 19.5 Å². The quantitative estimate of drug-likeness (QED) is 0.718. The molecule has 1 aromatic carbocycles. The number of nitrogen functional groups attached to an aromatic ring is 1. The van der Waals surface area contributed by atoms with Crippen LogP contribution < -0.4 is 10.5 Å². The summed E-state index contributed by atoms with van der Waals surface area (Å²) in [5, 5.41) is 0. The van der Waals surface area contributed by atoms with Crippen LogP contribution in [0.1, 0.15) is 28.7 Å². The van der Waals surface area contributed by atoms with E-state index in [1.807, 2.05) is 23.6 Å². The summed E-state index contributed by atoms with van der Waals surface area (Å²) < 4.78 is 12.3. The zero-order valence-corrected chi connectivity index (χ0v) is 14.4. The van der Waals surface area contributed by atoms with Crippen LogP contribution in [0.4, 0.5) is 5.95 Å². The number of imidazole rings is 1. The number of rotatable bonds is 5. The van der Waals surface area contributed by atoms with Crippen LogP contribution in [-0.4, -0.2) is 34.2 Å². The van der Waals surface area contributed by atoms with Crippen LogP contribution >= 0.6 is 0 Å². The minimum absolute atomic E-state index is 0.322. The summed E-state index contributed by atoms with van der Waals surface area (Å²) in [5.41, 5.74) is 9.62. The van der Waals surface area contributed by atoms with Crippen LogP contribution in [0.2, 0.25) is 0 Å². The predicted octanol–water partition coefficient (Wildman–Crippen LogP) is 2.56. The number of aryl methyl sites for hydroxylation is 1. The van der Waals surface area contributed by atoms with Crippen molar-refractivity contribution in [1.29, 1.82) is 0 Å². The highest BCUT2D eigenvalue weighted by Crippen LogP contribution is 2.24. The van der Waals surface area contributed by atoms with Crippen molar-refractivity contribution in [3.05, 3.63) is 47.3 Å². The average Bonchev–Trinajstić information content (AvgIpc) is 2.90. The van der Waals surface area contributed by atoms with Crippen molar-refractivity contribution < 1.29 is 14.3 Å². The number of methoxy groups -OCH3 is 1. The second-order valence-electron chi connectivity index (χ2n) is 5.58. The fraction of sp³-hybridized carbons (Fsp3) is 0.278. The van der Waals surface area contributed by atoms with Gasteiger partial charge in [-0.2, -0.15) is 0 Å². The number of fused-ring (bicyclic) bond motifs is 1. The number of carbonyl (C=O) groups excluding carboxylic acids is 1. The van der Waals surface area contributed by atoms with E-state index in [4.69, 9.17) is 15.2 Å². The van der Waals surface area contributed by atoms with E-state index in [9.17, 15) is 4.79 Å². The molecule has 0 fully saturated rings. The second-order valence-corrected chi connectivity index (χ2v) is 5.58. The smallest absolute Gasteiger partial charge is 0.338 e. The standard InChI is InChI=1S/C18H20N4O3/c1-4-25-17(23)12-6-7-13-15(9-12)22(18(19)21-13)10-14-16(24-3)8-5-11(2)20-14/h5-9H,4,10H2,1-3H3,(H2,19,21). The summed E-state index contributed by atoms with van der Waals surface area (Å²) in [5.74, 6) is 0.650. The number of anilines is 1. The topological polar surface area (TPSA) is 92.3 Å². The van der Waals surface area contributed by atoms with Crippen molar-refractivity contribution in [3.63, 3.8) is 0 Å². The maximum atomic E-state index is 12.0. The van der Waals surface area contributed by atoms with Gasteiger partial charge in [-0.15, -0.1) is 0 Å². The van der Waals surface area contributed by atoms with Gasteiger partial charge in [0, 0.05) is 5.69 Å². The monoisotopic (exact) mass is 340 g/mol. The summed E-state index contributed by atoms with van der Waals surface area (Å²) in [4.78, 5) is 20.9. The number of nitrogens with zero attached hydrogens (tertiary/aromatic N) is 3. The lowest BCUT2D eigenvalue weighted by Gasteiger charge is -2.11. The minimum Gasteiger partial charge on any atom is -0.495 e. The highest BCUT2D eigenvalue weighted by Gasteiger charge is 2.15. The lowest BCUT2D eigenvalue weighted by atomic mass is 10.2. The molecule has 0 saturated heterocycles. The Bertz CT molecular complexity index is 933. The first-order chi connectivity index (χ1) is 12.0. The van der Waals surface area contributed by atoms with Gasteiger partial charge in [-0.3, -0.25) is 4.98 Å². The SMILES string of the molecule is CCOC(=O)c1ccc2nc(N)n(Cc3nc(C)ccc3OC)c2c1. The molecule has 0 amide bonds. The van der Waals surface area contributed by atoms with Crippen LogP contribution in [0.5, 0.6) is 5.75 Å². The minimum atomic E-state index is -0.373. The number of aromatic nitrogens is 3. The summed E-state index contributed by atoms with van der Waals surface area (Å²) in [6.07, 6.45) is 0. The summed E-state index contributed by atoms with van der Waals surface area (Å²) in [6, 6.07) is 8.94. The summed E-state index contributed by atoms with van der Waals surface area (Å²) >= 11 is 0. The molecule has 0 aliphatic rings. The number of nitrogens with two attached hydrogens (primary N) is 1. The molecule has 0 aliphatic carbocycles. The Balaban J connectivity index is 2.06. The number of hydrogen-bond acceptors (Lipinski definition) is 6. The van der Waals surface area contributed by atoms with E-state index in [0.29, 0.717) is 35.9 Å². The molecule has 7 heteroatoms. The van der Waals surface area contributed by atoms with Crippen LogP contribution in [-0.2, 0) is 11.3 Å². The maximum Gasteiger partial charge on any atom is 0.338 e. The molecule has 3 rings (SSSR count). The van der Waals surface area contributed by atoms with Crippen molar-refractivity contribution in [1.82, 2.24) is 14.5 Å². The first-order valence-electron chi connectivity index (χ1n) is 7.97. The Morgan fingerprint density at radius 1 is 1.24 bits per heavy atom.